The van der Waals surface area contributed by atoms with Crippen molar-refractivity contribution in [3.63, 3.8) is 0 Å². The first-order chi connectivity index (χ1) is 13.2. The van der Waals surface area contributed by atoms with Crippen LogP contribution in [0.2, 0.25) is 0 Å². The van der Waals surface area contributed by atoms with Crippen molar-refractivity contribution < 1.29 is 0 Å². The average Bonchev–Trinajstić information content (AvgIpc) is 2.94. The summed E-state index contributed by atoms with van der Waals surface area (Å²) in [4.78, 5) is 0. The molecule has 27 heavy (non-hydrogen) atoms. The fourth-order valence-corrected chi connectivity index (χ4v) is 3.87. The summed E-state index contributed by atoms with van der Waals surface area (Å²) < 4.78 is 0. The highest BCUT2D eigenvalue weighted by Crippen LogP contribution is 2.36. The Labute approximate surface area is 166 Å². The van der Waals surface area contributed by atoms with E-state index >= 15 is 0 Å². The second kappa shape index (κ2) is 9.74. The molecule has 0 amide bonds. The van der Waals surface area contributed by atoms with Gasteiger partial charge in [0.1, 0.15) is 0 Å². The molecule has 0 unspecified atom stereocenters. The molecule has 0 saturated heterocycles. The first kappa shape index (κ1) is 19.7. The van der Waals surface area contributed by atoms with Crippen molar-refractivity contribution in [2.75, 3.05) is 0 Å². The number of unbranched alkanes of at least 4 members (excludes halogenated alkanes) is 5. The molecule has 0 heterocycles. The van der Waals surface area contributed by atoms with Crippen molar-refractivity contribution in [1.82, 2.24) is 0 Å². The highest BCUT2D eigenvalue weighted by Gasteiger charge is 2.11. The molecule has 0 aromatic heterocycles. The third kappa shape index (κ3) is 5.22. The highest BCUT2D eigenvalue weighted by atomic mass is 14.2. The van der Waals surface area contributed by atoms with E-state index < -0.39 is 0 Å². The molecule has 2 aliphatic carbocycles. The van der Waals surface area contributed by atoms with Crippen LogP contribution in [-0.4, -0.2) is 0 Å². The smallest absolute Gasteiger partial charge is 0.0105 e. The number of rotatable bonds is 9. The van der Waals surface area contributed by atoms with Gasteiger partial charge in [-0.1, -0.05) is 114 Å². The summed E-state index contributed by atoms with van der Waals surface area (Å²) >= 11 is 0. The zero-order chi connectivity index (χ0) is 19.1. The van der Waals surface area contributed by atoms with Crippen LogP contribution in [-0.2, 0) is 6.42 Å². The van der Waals surface area contributed by atoms with Gasteiger partial charge >= 0.3 is 0 Å². The van der Waals surface area contributed by atoms with E-state index in [1.165, 1.54) is 78.3 Å². The summed E-state index contributed by atoms with van der Waals surface area (Å²) in [7, 11) is 0. The fourth-order valence-electron chi connectivity index (χ4n) is 3.87. The van der Waals surface area contributed by atoms with Gasteiger partial charge in [0, 0.05) is 0 Å². The van der Waals surface area contributed by atoms with Gasteiger partial charge in [0.2, 0.25) is 0 Å². The Bertz CT molecular complexity index is 795. The van der Waals surface area contributed by atoms with E-state index in [9.17, 15) is 0 Å². The van der Waals surface area contributed by atoms with E-state index in [1.54, 1.807) is 0 Å². The number of benzene rings is 1. The number of hydrogen-bond acceptors (Lipinski definition) is 0. The second-order valence-corrected chi connectivity index (χ2v) is 8.16. The minimum Gasteiger partial charge on any atom is -0.0654 e. The molecule has 1 aromatic carbocycles. The Morgan fingerprint density at radius 1 is 0.667 bits per heavy atom. The molecule has 142 valence electrons. The van der Waals surface area contributed by atoms with Crippen LogP contribution in [0.3, 0.4) is 0 Å². The molecule has 1 aromatic rings. The molecular weight excluding hydrogens is 324 g/mol. The Balaban J connectivity index is 1.66. The van der Waals surface area contributed by atoms with E-state index in [-0.39, 0.29) is 0 Å². The van der Waals surface area contributed by atoms with Gasteiger partial charge in [0.05, 0.1) is 0 Å². The molecule has 0 nitrogen and oxygen atoms in total. The lowest BCUT2D eigenvalue weighted by Crippen LogP contribution is -1.87. The minimum absolute atomic E-state index is 0.556. The quantitative estimate of drug-likeness (QED) is 0.336. The summed E-state index contributed by atoms with van der Waals surface area (Å²) in [6, 6.07) is 22.8. The largest absolute Gasteiger partial charge is 0.0654 e. The van der Waals surface area contributed by atoms with Crippen LogP contribution < -0.4 is 0 Å². The molecule has 0 saturated carbocycles. The molecule has 3 rings (SSSR count). The average molecular weight is 359 g/mol. The van der Waals surface area contributed by atoms with Gasteiger partial charge in [-0.2, -0.15) is 0 Å². The summed E-state index contributed by atoms with van der Waals surface area (Å²) in [6.45, 7) is 6.79. The molecule has 0 spiro atoms. The lowest BCUT2D eigenvalue weighted by molar-refractivity contribution is 0.607. The van der Waals surface area contributed by atoms with E-state index in [2.05, 4.69) is 81.4 Å². The minimum atomic E-state index is 0.556. The van der Waals surface area contributed by atoms with Crippen molar-refractivity contribution in [3.05, 3.63) is 71.8 Å². The van der Waals surface area contributed by atoms with Crippen molar-refractivity contribution in [3.8, 4) is 22.3 Å². The second-order valence-electron chi connectivity index (χ2n) is 8.16. The fraction of sp³-hybridized carbons (Fsp3) is 0.407. The predicted octanol–water partition coefficient (Wildman–Crippen LogP) is 8.48. The van der Waals surface area contributed by atoms with Gasteiger partial charge in [-0.3, -0.25) is 0 Å². The van der Waals surface area contributed by atoms with Gasteiger partial charge in [-0.25, -0.2) is 0 Å². The van der Waals surface area contributed by atoms with E-state index in [4.69, 9.17) is 0 Å². The van der Waals surface area contributed by atoms with Gasteiger partial charge in [-0.15, -0.1) is 0 Å². The Morgan fingerprint density at radius 2 is 1.33 bits per heavy atom. The maximum absolute atomic E-state index is 2.34. The maximum Gasteiger partial charge on any atom is -0.0105 e. The van der Waals surface area contributed by atoms with Crippen molar-refractivity contribution in [2.45, 2.75) is 71.6 Å². The van der Waals surface area contributed by atoms with Crippen LogP contribution in [0.1, 0.15) is 76.3 Å². The lowest BCUT2D eigenvalue weighted by Gasteiger charge is -2.06. The molecule has 0 bridgehead atoms. The normalized spacial score (nSPS) is 11.4. The summed E-state index contributed by atoms with van der Waals surface area (Å²) in [5, 5.41) is 0. The topological polar surface area (TPSA) is 0 Å². The Morgan fingerprint density at radius 3 is 2.07 bits per heavy atom. The van der Waals surface area contributed by atoms with Crippen LogP contribution in [0.4, 0.5) is 0 Å². The molecule has 0 fully saturated rings. The lowest BCUT2D eigenvalue weighted by atomic mass is 9.99. The van der Waals surface area contributed by atoms with Crippen LogP contribution in [0.15, 0.2) is 60.7 Å². The summed E-state index contributed by atoms with van der Waals surface area (Å²) in [6.07, 6.45) is 9.39. The molecular formula is C27H34. The number of fused-ring (bicyclic) bond motifs is 1. The third-order valence-electron chi connectivity index (χ3n) is 5.66. The summed E-state index contributed by atoms with van der Waals surface area (Å²) in [5.41, 5.74) is 8.24. The van der Waals surface area contributed by atoms with Crippen molar-refractivity contribution >= 4 is 0 Å². The molecule has 0 N–H and O–H groups in total. The first-order valence-corrected chi connectivity index (χ1v) is 10.8. The Hall–Kier alpha value is -2.08. The van der Waals surface area contributed by atoms with Crippen molar-refractivity contribution in [1.29, 1.82) is 0 Å². The van der Waals surface area contributed by atoms with E-state index in [1.807, 2.05) is 0 Å². The van der Waals surface area contributed by atoms with Crippen LogP contribution >= 0.6 is 0 Å². The van der Waals surface area contributed by atoms with Crippen LogP contribution in [0, 0.1) is 0 Å². The molecule has 0 heteroatoms. The zero-order valence-electron chi connectivity index (χ0n) is 17.3. The van der Waals surface area contributed by atoms with E-state index in [0.29, 0.717) is 5.92 Å². The van der Waals surface area contributed by atoms with Gasteiger partial charge in [0.25, 0.3) is 0 Å². The molecule has 0 aliphatic heterocycles. The summed E-state index contributed by atoms with van der Waals surface area (Å²) in [5.74, 6) is 0.556. The predicted molar refractivity (Wildman–Crippen MR) is 120 cm³/mol. The highest BCUT2D eigenvalue weighted by molar-refractivity contribution is 5.86. The first-order valence-electron chi connectivity index (χ1n) is 10.8. The van der Waals surface area contributed by atoms with E-state index in [0.717, 1.165) is 0 Å². The van der Waals surface area contributed by atoms with Crippen molar-refractivity contribution in [2.24, 2.45) is 0 Å². The monoisotopic (exact) mass is 358 g/mol. The van der Waals surface area contributed by atoms with Crippen LogP contribution in [0.5, 0.6) is 0 Å². The van der Waals surface area contributed by atoms with Gasteiger partial charge in [0.15, 0.2) is 0 Å². The third-order valence-corrected chi connectivity index (χ3v) is 5.66. The van der Waals surface area contributed by atoms with Crippen LogP contribution in [0.25, 0.3) is 22.3 Å². The SMILES string of the molecule is CCCCCCCCc1ccc(-c2ccc3cc(C(C)C)cccc2-3)cc1. The van der Waals surface area contributed by atoms with Gasteiger partial charge in [-0.05, 0) is 52.1 Å². The zero-order valence-corrected chi connectivity index (χ0v) is 17.3. The number of aryl methyl sites for hydroxylation is 1. The molecule has 0 radical (unpaired) electrons. The standard InChI is InChI=1S/C27H34/c1-4-5-6-7-8-9-11-22-14-16-23(17-15-22)27-19-18-25-20-24(21(2)3)12-10-13-26(25)27/h10,12-21H,4-9,11H2,1-3H3. The van der Waals surface area contributed by atoms with Gasteiger partial charge < -0.3 is 0 Å². The molecule has 0 atom stereocenters. The number of hydrogen-bond donors (Lipinski definition) is 0. The molecule has 2 aliphatic rings. The Kier molecular flexibility index (Phi) is 7.10. The maximum atomic E-state index is 2.34.